The zero-order valence-corrected chi connectivity index (χ0v) is 17.1. The van der Waals surface area contributed by atoms with E-state index in [1.165, 1.54) is 32.1 Å². The van der Waals surface area contributed by atoms with E-state index in [4.69, 9.17) is 0 Å². The third kappa shape index (κ3) is 6.05. The first kappa shape index (κ1) is 20.4. The predicted octanol–water partition coefficient (Wildman–Crippen LogP) is 5.46. The zero-order chi connectivity index (χ0) is 19.1. The second-order valence-electron chi connectivity index (χ2n) is 9.03. The standard InChI is InChI=1S/C24H37NO2/c1-19-15-17-25(18-16-19)24(27)10-4-2-3-9-23(26)22-13-11-20-7-5-6-8-21(20)12-14-22/h3,9,13,19-21H,2,4-8,10-12,14-18H2,1H3/b9-3+. The van der Waals surface area contributed by atoms with Gasteiger partial charge in [0.05, 0.1) is 0 Å². The van der Waals surface area contributed by atoms with Crippen molar-refractivity contribution in [1.29, 1.82) is 0 Å². The molecule has 3 nitrogen and oxygen atoms in total. The molecule has 2 aliphatic carbocycles. The summed E-state index contributed by atoms with van der Waals surface area (Å²) in [6, 6.07) is 0. The largest absolute Gasteiger partial charge is 0.343 e. The number of piperidine rings is 1. The number of hydrogen-bond donors (Lipinski definition) is 0. The fourth-order valence-corrected chi connectivity index (χ4v) is 5.02. The van der Waals surface area contributed by atoms with Crippen LogP contribution in [0.15, 0.2) is 23.8 Å². The van der Waals surface area contributed by atoms with Gasteiger partial charge in [-0.05, 0) is 80.8 Å². The maximum Gasteiger partial charge on any atom is 0.222 e. The van der Waals surface area contributed by atoms with Crippen LogP contribution in [0.1, 0.15) is 84.0 Å². The number of allylic oxidation sites excluding steroid dienone is 4. The summed E-state index contributed by atoms with van der Waals surface area (Å²) in [7, 11) is 0. The van der Waals surface area contributed by atoms with E-state index in [1.54, 1.807) is 6.08 Å². The molecule has 1 aliphatic heterocycles. The van der Waals surface area contributed by atoms with Crippen LogP contribution in [0, 0.1) is 17.8 Å². The van der Waals surface area contributed by atoms with Gasteiger partial charge in [-0.2, -0.15) is 0 Å². The molecule has 1 saturated heterocycles. The number of likely N-dealkylation sites (tertiary alicyclic amines) is 1. The van der Waals surface area contributed by atoms with Gasteiger partial charge in [0.1, 0.15) is 0 Å². The van der Waals surface area contributed by atoms with Gasteiger partial charge >= 0.3 is 0 Å². The van der Waals surface area contributed by atoms with E-state index < -0.39 is 0 Å². The average molecular weight is 372 g/mol. The second-order valence-corrected chi connectivity index (χ2v) is 9.03. The van der Waals surface area contributed by atoms with Crippen LogP contribution >= 0.6 is 0 Å². The second kappa shape index (κ2) is 10.2. The molecule has 150 valence electrons. The molecule has 0 aromatic carbocycles. The van der Waals surface area contributed by atoms with Crippen LogP contribution in [-0.4, -0.2) is 29.7 Å². The highest BCUT2D eigenvalue weighted by molar-refractivity contribution is 6.03. The van der Waals surface area contributed by atoms with Gasteiger partial charge in [0, 0.05) is 19.5 Å². The molecular formula is C24H37NO2. The van der Waals surface area contributed by atoms with Gasteiger partial charge in [-0.1, -0.05) is 38.3 Å². The molecule has 2 fully saturated rings. The van der Waals surface area contributed by atoms with Crippen molar-refractivity contribution < 1.29 is 9.59 Å². The highest BCUT2D eigenvalue weighted by Crippen LogP contribution is 2.38. The van der Waals surface area contributed by atoms with Crippen LogP contribution in [0.4, 0.5) is 0 Å². The average Bonchev–Trinajstić information content (AvgIpc) is 2.91. The first-order valence-electron chi connectivity index (χ1n) is 11.3. The maximum absolute atomic E-state index is 12.5. The number of carbonyl (C=O) groups is 2. The first-order chi connectivity index (χ1) is 13.1. The highest BCUT2D eigenvalue weighted by atomic mass is 16.2. The number of carbonyl (C=O) groups excluding carboxylic acids is 2. The molecule has 3 aliphatic rings. The molecule has 1 heterocycles. The number of nitrogens with zero attached hydrogens (tertiary/aromatic N) is 1. The molecule has 0 spiro atoms. The van der Waals surface area contributed by atoms with Gasteiger partial charge < -0.3 is 4.90 Å². The smallest absolute Gasteiger partial charge is 0.222 e. The first-order valence-corrected chi connectivity index (χ1v) is 11.3. The minimum Gasteiger partial charge on any atom is -0.343 e. The zero-order valence-electron chi connectivity index (χ0n) is 17.1. The van der Waals surface area contributed by atoms with Crippen molar-refractivity contribution in [2.45, 2.75) is 84.0 Å². The van der Waals surface area contributed by atoms with Crippen molar-refractivity contribution in [2.75, 3.05) is 13.1 Å². The van der Waals surface area contributed by atoms with E-state index in [9.17, 15) is 9.59 Å². The molecule has 0 aromatic heterocycles. The van der Waals surface area contributed by atoms with E-state index in [1.807, 2.05) is 11.0 Å². The Morgan fingerprint density at radius 1 is 1.07 bits per heavy atom. The minimum absolute atomic E-state index is 0.199. The van der Waals surface area contributed by atoms with Crippen molar-refractivity contribution in [3.05, 3.63) is 23.8 Å². The minimum atomic E-state index is 0.199. The van der Waals surface area contributed by atoms with Crippen molar-refractivity contribution in [2.24, 2.45) is 17.8 Å². The quantitative estimate of drug-likeness (QED) is 0.459. The summed E-state index contributed by atoms with van der Waals surface area (Å²) in [6.45, 7) is 4.11. The molecule has 2 unspecified atom stereocenters. The van der Waals surface area contributed by atoms with E-state index in [2.05, 4.69) is 13.0 Å². The molecule has 2 atom stereocenters. The third-order valence-electron chi connectivity index (χ3n) is 7.00. The Bertz CT molecular complexity index is 569. The number of fused-ring (bicyclic) bond motifs is 1. The van der Waals surface area contributed by atoms with Gasteiger partial charge in [-0.25, -0.2) is 0 Å². The summed E-state index contributed by atoms with van der Waals surface area (Å²) in [5.41, 5.74) is 1.03. The third-order valence-corrected chi connectivity index (χ3v) is 7.00. The Hall–Kier alpha value is -1.38. The number of hydrogen-bond acceptors (Lipinski definition) is 2. The maximum atomic E-state index is 12.5. The Morgan fingerprint density at radius 2 is 1.81 bits per heavy atom. The summed E-state index contributed by atoms with van der Waals surface area (Å²) < 4.78 is 0. The molecule has 1 amide bonds. The van der Waals surface area contributed by atoms with Crippen molar-refractivity contribution >= 4 is 11.7 Å². The van der Waals surface area contributed by atoms with Crippen LogP contribution in [0.25, 0.3) is 0 Å². The van der Waals surface area contributed by atoms with Crippen LogP contribution in [-0.2, 0) is 9.59 Å². The van der Waals surface area contributed by atoms with E-state index in [-0.39, 0.29) is 11.7 Å². The Labute approximate surface area is 165 Å². The van der Waals surface area contributed by atoms with E-state index in [0.29, 0.717) is 6.42 Å². The molecular weight excluding hydrogens is 334 g/mol. The lowest BCUT2D eigenvalue weighted by molar-refractivity contribution is -0.132. The molecule has 3 rings (SSSR count). The number of ketones is 1. The van der Waals surface area contributed by atoms with Gasteiger partial charge in [-0.15, -0.1) is 0 Å². The van der Waals surface area contributed by atoms with Crippen molar-refractivity contribution in [3.8, 4) is 0 Å². The van der Waals surface area contributed by atoms with Crippen LogP contribution in [0.2, 0.25) is 0 Å². The van der Waals surface area contributed by atoms with Gasteiger partial charge in [0.25, 0.3) is 0 Å². The molecule has 0 aromatic rings. The summed E-state index contributed by atoms with van der Waals surface area (Å²) in [5.74, 6) is 2.90. The molecule has 1 saturated carbocycles. The van der Waals surface area contributed by atoms with Gasteiger partial charge in [0.2, 0.25) is 5.91 Å². The number of unbranched alkanes of at least 4 members (excludes halogenated alkanes) is 1. The summed E-state index contributed by atoms with van der Waals surface area (Å²) in [4.78, 5) is 26.8. The predicted molar refractivity (Wildman–Crippen MR) is 110 cm³/mol. The van der Waals surface area contributed by atoms with Gasteiger partial charge in [-0.3, -0.25) is 9.59 Å². The topological polar surface area (TPSA) is 37.4 Å². The summed E-state index contributed by atoms with van der Waals surface area (Å²) in [6.07, 6.45) is 19.2. The lowest BCUT2D eigenvalue weighted by atomic mass is 9.76. The molecule has 0 bridgehead atoms. The highest BCUT2D eigenvalue weighted by Gasteiger charge is 2.27. The Morgan fingerprint density at radius 3 is 2.59 bits per heavy atom. The fourth-order valence-electron chi connectivity index (χ4n) is 5.02. The van der Waals surface area contributed by atoms with Crippen molar-refractivity contribution in [3.63, 3.8) is 0 Å². The number of rotatable bonds is 6. The summed E-state index contributed by atoms with van der Waals surface area (Å²) >= 11 is 0. The Kier molecular flexibility index (Phi) is 7.72. The lowest BCUT2D eigenvalue weighted by Gasteiger charge is -2.30. The van der Waals surface area contributed by atoms with Crippen LogP contribution < -0.4 is 0 Å². The number of amides is 1. The summed E-state index contributed by atoms with van der Waals surface area (Å²) in [5, 5.41) is 0. The monoisotopic (exact) mass is 371 g/mol. The lowest BCUT2D eigenvalue weighted by Crippen LogP contribution is -2.37. The molecule has 27 heavy (non-hydrogen) atoms. The molecule has 0 N–H and O–H groups in total. The normalized spacial score (nSPS) is 27.1. The van der Waals surface area contributed by atoms with Crippen LogP contribution in [0.5, 0.6) is 0 Å². The van der Waals surface area contributed by atoms with Crippen LogP contribution in [0.3, 0.4) is 0 Å². The SMILES string of the molecule is CC1CCN(C(=O)CCC/C=C/C(=O)C2=CCC3CCCCC3CC2)CC1. The van der Waals surface area contributed by atoms with Crippen molar-refractivity contribution in [1.82, 2.24) is 4.90 Å². The van der Waals surface area contributed by atoms with Gasteiger partial charge in [0.15, 0.2) is 5.78 Å². The Balaban J connectivity index is 1.36. The fraction of sp³-hybridized carbons (Fsp3) is 0.750. The molecule has 3 heteroatoms. The van der Waals surface area contributed by atoms with E-state index >= 15 is 0 Å². The molecule has 0 radical (unpaired) electrons. The van der Waals surface area contributed by atoms with E-state index in [0.717, 1.165) is 74.9 Å².